The van der Waals surface area contributed by atoms with Gasteiger partial charge < -0.3 is 9.47 Å². The maximum absolute atomic E-state index is 12.4. The highest BCUT2D eigenvalue weighted by Crippen LogP contribution is 2.28. The maximum atomic E-state index is 12.4. The van der Waals surface area contributed by atoms with Crippen molar-refractivity contribution in [2.24, 2.45) is 0 Å². The van der Waals surface area contributed by atoms with Crippen LogP contribution in [0, 0.1) is 0 Å². The van der Waals surface area contributed by atoms with Crippen molar-refractivity contribution in [1.82, 2.24) is 4.31 Å². The lowest BCUT2D eigenvalue weighted by Gasteiger charge is -2.11. The molecule has 28 heavy (non-hydrogen) atoms. The molecular formula is C21H25NO5S. The van der Waals surface area contributed by atoms with Gasteiger partial charge in [0, 0.05) is 19.7 Å². The van der Waals surface area contributed by atoms with E-state index in [0.717, 1.165) is 16.3 Å². The quantitative estimate of drug-likeness (QED) is 0.472. The molecule has 0 unspecified atom stereocenters. The monoisotopic (exact) mass is 403 g/mol. The molecule has 150 valence electrons. The Balaban J connectivity index is 2.17. The van der Waals surface area contributed by atoms with E-state index in [1.165, 1.54) is 44.4 Å². The summed E-state index contributed by atoms with van der Waals surface area (Å²) in [4.78, 5) is 12.5. The van der Waals surface area contributed by atoms with Crippen molar-refractivity contribution in [3.8, 4) is 11.5 Å². The minimum absolute atomic E-state index is 0.144. The second-order valence-corrected chi connectivity index (χ2v) is 8.42. The number of ether oxygens (including phenoxy) is 2. The molecule has 6 nitrogen and oxygen atoms in total. The molecule has 0 aromatic heterocycles. The highest BCUT2D eigenvalue weighted by molar-refractivity contribution is 7.89. The molecule has 0 bridgehead atoms. The first-order valence-corrected chi connectivity index (χ1v) is 10.3. The molecule has 0 spiro atoms. The van der Waals surface area contributed by atoms with Gasteiger partial charge in [-0.15, -0.1) is 0 Å². The van der Waals surface area contributed by atoms with E-state index in [-0.39, 0.29) is 10.7 Å². The lowest BCUT2D eigenvalue weighted by Crippen LogP contribution is -2.22. The Morgan fingerprint density at radius 3 is 2.32 bits per heavy atom. The first kappa shape index (κ1) is 21.7. The zero-order valence-electron chi connectivity index (χ0n) is 16.5. The molecule has 0 fully saturated rings. The van der Waals surface area contributed by atoms with Gasteiger partial charge in [0.25, 0.3) is 0 Å². The second-order valence-electron chi connectivity index (χ2n) is 6.27. The summed E-state index contributed by atoms with van der Waals surface area (Å²) in [6.07, 6.45) is 4.01. The van der Waals surface area contributed by atoms with E-state index in [1.807, 2.05) is 19.1 Å². The largest absolute Gasteiger partial charge is 0.493 e. The summed E-state index contributed by atoms with van der Waals surface area (Å²) < 4.78 is 36.3. The maximum Gasteiger partial charge on any atom is 0.242 e. The molecule has 2 rings (SSSR count). The summed E-state index contributed by atoms with van der Waals surface area (Å²) >= 11 is 0. The van der Waals surface area contributed by atoms with Crippen LogP contribution >= 0.6 is 0 Å². The van der Waals surface area contributed by atoms with Crippen LogP contribution in [0.3, 0.4) is 0 Å². The Morgan fingerprint density at radius 2 is 1.75 bits per heavy atom. The molecule has 0 aliphatic carbocycles. The van der Waals surface area contributed by atoms with E-state index in [1.54, 1.807) is 19.3 Å². The summed E-state index contributed by atoms with van der Waals surface area (Å²) in [6.45, 7) is 2.59. The number of carbonyl (C=O) groups excluding carboxylic acids is 1. The SMILES string of the molecule is CCCOc1cc(C=CC(=O)c2ccc(S(=O)(=O)N(C)C)cc2)ccc1OC. The van der Waals surface area contributed by atoms with Gasteiger partial charge in [-0.05, 0) is 54.5 Å². The molecule has 0 amide bonds. The van der Waals surface area contributed by atoms with Gasteiger partial charge in [0.1, 0.15) is 0 Å². The van der Waals surface area contributed by atoms with Gasteiger partial charge in [0.15, 0.2) is 17.3 Å². The molecule has 2 aromatic rings. The zero-order chi connectivity index (χ0) is 20.7. The van der Waals surface area contributed by atoms with Crippen molar-refractivity contribution in [3.63, 3.8) is 0 Å². The lowest BCUT2D eigenvalue weighted by molar-refractivity contribution is 0.104. The average molecular weight is 404 g/mol. The molecule has 0 saturated carbocycles. The van der Waals surface area contributed by atoms with Gasteiger partial charge in [0.05, 0.1) is 18.6 Å². The number of nitrogens with zero attached hydrogens (tertiary/aromatic N) is 1. The van der Waals surface area contributed by atoms with E-state index < -0.39 is 10.0 Å². The van der Waals surface area contributed by atoms with Gasteiger partial charge in [0.2, 0.25) is 10.0 Å². The van der Waals surface area contributed by atoms with Gasteiger partial charge in [-0.2, -0.15) is 0 Å². The van der Waals surface area contributed by atoms with E-state index in [2.05, 4.69) is 0 Å². The minimum Gasteiger partial charge on any atom is -0.493 e. The van der Waals surface area contributed by atoms with E-state index in [9.17, 15) is 13.2 Å². The molecule has 0 saturated heterocycles. The number of allylic oxidation sites excluding steroid dienone is 1. The number of sulfonamides is 1. The molecule has 7 heteroatoms. The third-order valence-electron chi connectivity index (χ3n) is 3.99. The van der Waals surface area contributed by atoms with E-state index in [0.29, 0.717) is 23.7 Å². The van der Waals surface area contributed by atoms with Crippen molar-refractivity contribution < 1.29 is 22.7 Å². The number of hydrogen-bond acceptors (Lipinski definition) is 5. The first-order chi connectivity index (χ1) is 13.3. The summed E-state index contributed by atoms with van der Waals surface area (Å²) in [5.41, 5.74) is 1.21. The van der Waals surface area contributed by atoms with E-state index >= 15 is 0 Å². The highest BCUT2D eigenvalue weighted by atomic mass is 32.2. The van der Waals surface area contributed by atoms with Crippen LogP contribution in [0.25, 0.3) is 6.08 Å². The van der Waals surface area contributed by atoms with Crippen molar-refractivity contribution >= 4 is 21.9 Å². The summed E-state index contributed by atoms with van der Waals surface area (Å²) in [7, 11) is 0.987. The van der Waals surface area contributed by atoms with Crippen LogP contribution in [0.4, 0.5) is 0 Å². The fourth-order valence-corrected chi connectivity index (χ4v) is 3.29. The van der Waals surface area contributed by atoms with Crippen molar-refractivity contribution in [2.75, 3.05) is 27.8 Å². The van der Waals surface area contributed by atoms with Crippen LogP contribution < -0.4 is 9.47 Å². The van der Waals surface area contributed by atoms with Crippen LogP contribution in [-0.4, -0.2) is 46.3 Å². The van der Waals surface area contributed by atoms with E-state index in [4.69, 9.17) is 9.47 Å². The van der Waals surface area contributed by atoms with Gasteiger partial charge >= 0.3 is 0 Å². The Morgan fingerprint density at radius 1 is 1.07 bits per heavy atom. The topological polar surface area (TPSA) is 72.9 Å². The van der Waals surface area contributed by atoms with Crippen LogP contribution in [0.5, 0.6) is 11.5 Å². The zero-order valence-corrected chi connectivity index (χ0v) is 17.3. The van der Waals surface area contributed by atoms with Crippen LogP contribution in [-0.2, 0) is 10.0 Å². The Bertz CT molecular complexity index is 947. The Kier molecular flexibility index (Phi) is 7.37. The van der Waals surface area contributed by atoms with Crippen molar-refractivity contribution in [1.29, 1.82) is 0 Å². The normalized spacial score (nSPS) is 11.8. The lowest BCUT2D eigenvalue weighted by atomic mass is 10.1. The standard InChI is InChI=1S/C21H25NO5S/c1-5-14-27-21-15-16(7-13-20(21)26-4)6-12-19(23)17-8-10-18(11-9-17)28(24,25)22(2)3/h6-13,15H,5,14H2,1-4H3. The van der Waals surface area contributed by atoms with Gasteiger partial charge in [-0.25, -0.2) is 12.7 Å². The Labute approximate surface area is 166 Å². The third kappa shape index (κ3) is 5.21. The second kappa shape index (κ2) is 9.52. The molecule has 2 aromatic carbocycles. The molecule has 0 atom stereocenters. The fourth-order valence-electron chi connectivity index (χ4n) is 2.39. The van der Waals surface area contributed by atoms with Crippen molar-refractivity contribution in [2.45, 2.75) is 18.2 Å². The van der Waals surface area contributed by atoms with Crippen LogP contribution in [0.2, 0.25) is 0 Å². The van der Waals surface area contributed by atoms with Gasteiger partial charge in [-0.3, -0.25) is 4.79 Å². The summed E-state index contributed by atoms with van der Waals surface area (Å²) in [5, 5.41) is 0. The van der Waals surface area contributed by atoms with Crippen molar-refractivity contribution in [3.05, 3.63) is 59.7 Å². The summed E-state index contributed by atoms with van der Waals surface area (Å²) in [6, 6.07) is 11.3. The predicted molar refractivity (Wildman–Crippen MR) is 109 cm³/mol. The molecule has 0 radical (unpaired) electrons. The number of ketones is 1. The molecule has 0 N–H and O–H groups in total. The molecular weight excluding hydrogens is 378 g/mol. The number of rotatable bonds is 9. The smallest absolute Gasteiger partial charge is 0.242 e. The Hall–Kier alpha value is -2.64. The minimum atomic E-state index is -3.52. The molecule has 0 aliphatic rings. The fraction of sp³-hybridized carbons (Fsp3) is 0.286. The average Bonchev–Trinajstić information content (AvgIpc) is 2.70. The predicted octanol–water partition coefficient (Wildman–Crippen LogP) is 3.63. The van der Waals surface area contributed by atoms with Gasteiger partial charge in [-0.1, -0.05) is 19.1 Å². The molecule has 0 aliphatic heterocycles. The number of carbonyl (C=O) groups is 1. The first-order valence-electron chi connectivity index (χ1n) is 8.85. The third-order valence-corrected chi connectivity index (χ3v) is 5.82. The van der Waals surface area contributed by atoms with Crippen LogP contribution in [0.15, 0.2) is 53.4 Å². The molecule has 0 heterocycles. The van der Waals surface area contributed by atoms with Crippen LogP contribution in [0.1, 0.15) is 29.3 Å². The number of benzene rings is 2. The summed E-state index contributed by atoms with van der Waals surface area (Å²) in [5.74, 6) is 1.03. The number of hydrogen-bond donors (Lipinski definition) is 0. The highest BCUT2D eigenvalue weighted by Gasteiger charge is 2.17. The number of methoxy groups -OCH3 is 1.